The Hall–Kier alpha value is -2.47. The van der Waals surface area contributed by atoms with Crippen molar-refractivity contribution in [3.05, 3.63) is 70.9 Å². The first-order valence-corrected chi connectivity index (χ1v) is 8.54. The van der Waals surface area contributed by atoms with Crippen LogP contribution in [0.15, 0.2) is 60.8 Å². The highest BCUT2D eigenvalue weighted by Crippen LogP contribution is 2.33. The minimum Gasteiger partial charge on any atom is -0.269 e. The van der Waals surface area contributed by atoms with Crippen molar-refractivity contribution in [3.63, 3.8) is 0 Å². The number of nitrogens with zero attached hydrogens (tertiary/aromatic N) is 2. The first-order valence-electron chi connectivity index (χ1n) is 8.14. The van der Waals surface area contributed by atoms with E-state index in [1.807, 2.05) is 50.4 Å². The zero-order valence-corrected chi connectivity index (χ0v) is 15.1. The van der Waals surface area contributed by atoms with Crippen molar-refractivity contribution in [1.29, 1.82) is 0 Å². The Morgan fingerprint density at radius 1 is 0.962 bits per heavy atom. The molecule has 2 aromatic carbocycles. The topological polar surface area (TPSA) is 17.8 Å². The molecule has 0 aliphatic heterocycles. The fourth-order valence-electron chi connectivity index (χ4n) is 2.63. The Kier molecular flexibility index (Phi) is 4.96. The van der Waals surface area contributed by atoms with Crippen molar-refractivity contribution in [2.75, 3.05) is 0 Å². The van der Waals surface area contributed by atoms with Gasteiger partial charge in [-0.15, -0.1) is 0 Å². The smallest absolute Gasteiger partial charge is 0.269 e. The third-order valence-corrected chi connectivity index (χ3v) is 4.43. The second kappa shape index (κ2) is 7.03. The van der Waals surface area contributed by atoms with E-state index in [1.165, 1.54) is 6.07 Å². The zero-order chi connectivity index (χ0) is 18.9. The van der Waals surface area contributed by atoms with Crippen molar-refractivity contribution < 1.29 is 13.2 Å². The molecule has 1 heterocycles. The van der Waals surface area contributed by atoms with E-state index in [0.29, 0.717) is 15.8 Å². The molecule has 0 aliphatic rings. The number of alkyl halides is 3. The summed E-state index contributed by atoms with van der Waals surface area (Å²) in [4.78, 5) is 0. The summed E-state index contributed by atoms with van der Waals surface area (Å²) >= 11 is 5.58. The molecule has 0 atom stereocenters. The average Bonchev–Trinajstić information content (AvgIpc) is 2.62. The van der Waals surface area contributed by atoms with Crippen LogP contribution in [0, 0.1) is 4.51 Å². The van der Waals surface area contributed by atoms with E-state index >= 15 is 0 Å². The van der Waals surface area contributed by atoms with Gasteiger partial charge >= 0.3 is 6.18 Å². The predicted molar refractivity (Wildman–Crippen MR) is 99.3 cm³/mol. The maximum Gasteiger partial charge on any atom is 0.416 e. The largest absolute Gasteiger partial charge is 0.416 e. The zero-order valence-electron chi connectivity index (χ0n) is 14.3. The molecule has 0 saturated carbocycles. The van der Waals surface area contributed by atoms with Crippen LogP contribution in [0.25, 0.3) is 22.4 Å². The third-order valence-electron chi connectivity index (χ3n) is 4.01. The van der Waals surface area contributed by atoms with Crippen LogP contribution in [0.3, 0.4) is 0 Å². The SMILES string of the molecule is CC(C)n1cc(-c2ccccc2)c(=S)c(-c2cccc(C(F)(F)F)c2)n1. The number of hydrogen-bond donors (Lipinski definition) is 0. The summed E-state index contributed by atoms with van der Waals surface area (Å²) in [5, 5.41) is 4.50. The minimum absolute atomic E-state index is 0.0395. The molecule has 0 N–H and O–H groups in total. The van der Waals surface area contributed by atoms with E-state index in [2.05, 4.69) is 5.10 Å². The predicted octanol–water partition coefficient (Wildman–Crippen LogP) is 6.55. The van der Waals surface area contributed by atoms with Crippen molar-refractivity contribution >= 4 is 12.2 Å². The number of hydrogen-bond acceptors (Lipinski definition) is 2. The molecule has 134 valence electrons. The van der Waals surface area contributed by atoms with Crippen LogP contribution in [-0.4, -0.2) is 9.78 Å². The molecule has 0 bridgehead atoms. The van der Waals surface area contributed by atoms with E-state index in [-0.39, 0.29) is 6.04 Å². The van der Waals surface area contributed by atoms with Crippen molar-refractivity contribution in [2.45, 2.75) is 26.1 Å². The lowest BCUT2D eigenvalue weighted by atomic mass is 10.0. The monoisotopic (exact) mass is 374 g/mol. The molecule has 6 heteroatoms. The summed E-state index contributed by atoms with van der Waals surface area (Å²) in [5.41, 5.74) is 1.70. The van der Waals surface area contributed by atoms with Crippen molar-refractivity contribution in [1.82, 2.24) is 9.78 Å². The second-order valence-corrected chi connectivity index (χ2v) is 6.65. The molecular formula is C20H17F3N2S. The Morgan fingerprint density at radius 3 is 2.23 bits per heavy atom. The summed E-state index contributed by atoms with van der Waals surface area (Å²) in [6, 6.07) is 14.7. The van der Waals surface area contributed by atoms with E-state index in [4.69, 9.17) is 12.2 Å². The number of benzene rings is 2. The van der Waals surface area contributed by atoms with Gasteiger partial charge in [0.05, 0.1) is 10.1 Å². The van der Waals surface area contributed by atoms with Gasteiger partial charge in [-0.3, -0.25) is 4.68 Å². The van der Waals surface area contributed by atoms with E-state index in [1.54, 1.807) is 10.7 Å². The molecule has 1 aromatic heterocycles. The molecular weight excluding hydrogens is 357 g/mol. The van der Waals surface area contributed by atoms with Crippen LogP contribution >= 0.6 is 12.2 Å². The first-order chi connectivity index (χ1) is 12.3. The molecule has 0 aliphatic carbocycles. The Morgan fingerprint density at radius 2 is 1.62 bits per heavy atom. The second-order valence-electron chi connectivity index (χ2n) is 6.24. The number of aromatic nitrogens is 2. The highest BCUT2D eigenvalue weighted by molar-refractivity contribution is 7.71. The normalized spacial score (nSPS) is 11.8. The quantitative estimate of drug-likeness (QED) is 0.484. The maximum absolute atomic E-state index is 13.1. The summed E-state index contributed by atoms with van der Waals surface area (Å²) < 4.78 is 41.4. The van der Waals surface area contributed by atoms with Crippen LogP contribution in [0.1, 0.15) is 25.5 Å². The first kappa shape index (κ1) is 18.3. The van der Waals surface area contributed by atoms with Gasteiger partial charge < -0.3 is 0 Å². The van der Waals surface area contributed by atoms with Gasteiger partial charge in [0.15, 0.2) is 0 Å². The van der Waals surface area contributed by atoms with E-state index in [9.17, 15) is 13.2 Å². The molecule has 26 heavy (non-hydrogen) atoms. The highest BCUT2D eigenvalue weighted by atomic mass is 32.1. The molecule has 0 amide bonds. The summed E-state index contributed by atoms with van der Waals surface area (Å²) in [5.74, 6) is 0. The number of rotatable bonds is 3. The molecule has 0 fully saturated rings. The van der Waals surface area contributed by atoms with Gasteiger partial charge in [0.1, 0.15) is 5.69 Å². The van der Waals surface area contributed by atoms with Crippen LogP contribution in [0.5, 0.6) is 0 Å². The molecule has 0 saturated heterocycles. The van der Waals surface area contributed by atoms with Crippen LogP contribution < -0.4 is 0 Å². The number of halogens is 3. The summed E-state index contributed by atoms with van der Waals surface area (Å²) in [6.07, 6.45) is -2.57. The van der Waals surface area contributed by atoms with Crippen molar-refractivity contribution in [2.24, 2.45) is 0 Å². The van der Waals surface area contributed by atoms with Gasteiger partial charge in [0.2, 0.25) is 0 Å². The third kappa shape index (κ3) is 3.70. The fourth-order valence-corrected chi connectivity index (χ4v) is 2.96. The minimum atomic E-state index is -4.41. The summed E-state index contributed by atoms with van der Waals surface area (Å²) in [6.45, 7) is 3.92. The Bertz CT molecular complexity index is 976. The van der Waals surface area contributed by atoms with Crippen LogP contribution in [0.4, 0.5) is 13.2 Å². The fraction of sp³-hybridized carbons (Fsp3) is 0.200. The average molecular weight is 374 g/mol. The lowest BCUT2D eigenvalue weighted by Crippen LogP contribution is -2.09. The molecule has 0 spiro atoms. The van der Waals surface area contributed by atoms with Crippen LogP contribution in [0.2, 0.25) is 0 Å². The van der Waals surface area contributed by atoms with Gasteiger partial charge in [0.25, 0.3) is 0 Å². The molecule has 3 aromatic rings. The standard InChI is InChI=1S/C20H17F3N2S/c1-13(2)25-12-17(14-7-4-3-5-8-14)19(26)18(24-25)15-9-6-10-16(11-15)20(21,22)23/h3-13H,1-2H3. The molecule has 3 rings (SSSR count). The van der Waals surface area contributed by atoms with Crippen LogP contribution in [-0.2, 0) is 6.18 Å². The maximum atomic E-state index is 13.1. The van der Waals surface area contributed by atoms with Gasteiger partial charge in [0, 0.05) is 23.4 Å². The van der Waals surface area contributed by atoms with E-state index < -0.39 is 11.7 Å². The van der Waals surface area contributed by atoms with E-state index in [0.717, 1.165) is 23.3 Å². The summed E-state index contributed by atoms with van der Waals surface area (Å²) in [7, 11) is 0. The Balaban J connectivity index is 2.25. The van der Waals surface area contributed by atoms with Gasteiger partial charge in [-0.05, 0) is 31.5 Å². The lowest BCUT2D eigenvalue weighted by Gasteiger charge is -2.16. The van der Waals surface area contributed by atoms with Gasteiger partial charge in [-0.2, -0.15) is 18.3 Å². The van der Waals surface area contributed by atoms with Crippen molar-refractivity contribution in [3.8, 4) is 22.4 Å². The highest BCUT2D eigenvalue weighted by Gasteiger charge is 2.30. The lowest BCUT2D eigenvalue weighted by molar-refractivity contribution is -0.137. The molecule has 2 nitrogen and oxygen atoms in total. The van der Waals surface area contributed by atoms with Gasteiger partial charge in [-0.25, -0.2) is 0 Å². The molecule has 0 radical (unpaired) electrons. The van der Waals surface area contributed by atoms with Gasteiger partial charge in [-0.1, -0.05) is 54.7 Å². The Labute approximate surface area is 154 Å². The molecule has 0 unspecified atom stereocenters.